The molecule has 7 heteroatoms. The van der Waals surface area contributed by atoms with Crippen LogP contribution in [0, 0.1) is 5.82 Å². The van der Waals surface area contributed by atoms with Crippen LogP contribution >= 0.6 is 11.3 Å². The third-order valence-electron chi connectivity index (χ3n) is 2.72. The molecule has 2 aromatic rings. The number of halogens is 1. The molecule has 20 heavy (non-hydrogen) atoms. The Kier molecular flexibility index (Phi) is 4.42. The van der Waals surface area contributed by atoms with Crippen LogP contribution in [0.2, 0.25) is 0 Å². The van der Waals surface area contributed by atoms with Crippen molar-refractivity contribution >= 4 is 27.0 Å². The Balaban J connectivity index is 2.16. The zero-order valence-electron chi connectivity index (χ0n) is 10.8. The number of nitrogens with two attached hydrogens (primary N) is 1. The summed E-state index contributed by atoms with van der Waals surface area (Å²) >= 11 is 1.55. The van der Waals surface area contributed by atoms with Crippen LogP contribution in [0.1, 0.15) is 12.5 Å². The maximum Gasteiger partial charge on any atom is 0.243 e. The molecule has 1 aromatic heterocycles. The predicted octanol–water partition coefficient (Wildman–Crippen LogP) is 2.38. The van der Waals surface area contributed by atoms with Crippen molar-refractivity contribution in [2.45, 2.75) is 24.3 Å². The fourth-order valence-electron chi connectivity index (χ4n) is 1.86. The van der Waals surface area contributed by atoms with E-state index in [-0.39, 0.29) is 11.7 Å². The lowest BCUT2D eigenvalue weighted by molar-refractivity contribution is 0.542. The van der Waals surface area contributed by atoms with Gasteiger partial charge < -0.3 is 5.73 Å². The standard InChI is InChI=1S/C13H15FN2O2S2/c1-9(6-10-4-5-19-8-10)16-20(17,18)13-7-11(15)2-3-12(13)14/h2-5,7-9,16H,6,15H2,1H3. The summed E-state index contributed by atoms with van der Waals surface area (Å²) in [7, 11) is -3.92. The number of hydrogen-bond donors (Lipinski definition) is 2. The number of nitrogen functional groups attached to an aromatic ring is 1. The number of anilines is 1. The van der Waals surface area contributed by atoms with Crippen molar-refractivity contribution in [3.63, 3.8) is 0 Å². The Bertz CT molecular complexity index is 684. The van der Waals surface area contributed by atoms with Crippen molar-refractivity contribution in [3.8, 4) is 0 Å². The maximum atomic E-state index is 13.6. The van der Waals surface area contributed by atoms with Crippen molar-refractivity contribution in [3.05, 3.63) is 46.4 Å². The van der Waals surface area contributed by atoms with Gasteiger partial charge in [0.25, 0.3) is 0 Å². The molecule has 0 fully saturated rings. The normalized spacial score (nSPS) is 13.3. The van der Waals surface area contributed by atoms with E-state index in [0.717, 1.165) is 17.7 Å². The molecular formula is C13H15FN2O2S2. The first-order chi connectivity index (χ1) is 9.38. The number of benzene rings is 1. The van der Waals surface area contributed by atoms with Crippen LogP contribution < -0.4 is 10.5 Å². The van der Waals surface area contributed by atoms with E-state index in [1.54, 1.807) is 18.3 Å². The van der Waals surface area contributed by atoms with Crippen LogP contribution in [0.4, 0.5) is 10.1 Å². The summed E-state index contributed by atoms with van der Waals surface area (Å²) in [6.45, 7) is 1.74. The van der Waals surface area contributed by atoms with Crippen LogP contribution in [0.15, 0.2) is 39.9 Å². The van der Waals surface area contributed by atoms with E-state index in [0.29, 0.717) is 6.42 Å². The van der Waals surface area contributed by atoms with Gasteiger partial charge in [0.1, 0.15) is 10.7 Å². The Morgan fingerprint density at radius 2 is 2.15 bits per heavy atom. The molecule has 0 saturated carbocycles. The molecule has 1 aromatic carbocycles. The monoisotopic (exact) mass is 314 g/mol. The molecule has 1 unspecified atom stereocenters. The highest BCUT2D eigenvalue weighted by Crippen LogP contribution is 2.18. The molecule has 1 heterocycles. The van der Waals surface area contributed by atoms with Crippen molar-refractivity contribution in [2.24, 2.45) is 0 Å². The summed E-state index contributed by atoms with van der Waals surface area (Å²) in [5.41, 5.74) is 6.75. The quantitative estimate of drug-likeness (QED) is 0.832. The number of rotatable bonds is 5. The Morgan fingerprint density at radius 1 is 1.40 bits per heavy atom. The molecule has 108 valence electrons. The molecule has 3 N–H and O–H groups in total. The lowest BCUT2D eigenvalue weighted by Crippen LogP contribution is -2.34. The average molecular weight is 314 g/mol. The third kappa shape index (κ3) is 3.56. The highest BCUT2D eigenvalue weighted by molar-refractivity contribution is 7.89. The fourth-order valence-corrected chi connectivity index (χ4v) is 3.90. The van der Waals surface area contributed by atoms with Crippen LogP contribution in [-0.2, 0) is 16.4 Å². The van der Waals surface area contributed by atoms with Crippen molar-refractivity contribution < 1.29 is 12.8 Å². The molecule has 2 rings (SSSR count). The molecule has 0 amide bonds. The minimum absolute atomic E-state index is 0.206. The van der Waals surface area contributed by atoms with E-state index < -0.39 is 20.7 Å². The number of nitrogens with one attached hydrogen (secondary N) is 1. The van der Waals surface area contributed by atoms with Crippen molar-refractivity contribution in [1.82, 2.24) is 4.72 Å². The third-order valence-corrected chi connectivity index (χ3v) is 5.06. The summed E-state index contributed by atoms with van der Waals surface area (Å²) < 4.78 is 40.4. The van der Waals surface area contributed by atoms with Crippen LogP contribution in [0.5, 0.6) is 0 Å². The van der Waals surface area contributed by atoms with Gasteiger partial charge in [-0.3, -0.25) is 0 Å². The Labute approximate surface area is 121 Å². The van der Waals surface area contributed by atoms with Gasteiger partial charge in [0, 0.05) is 11.7 Å². The van der Waals surface area contributed by atoms with Crippen LogP contribution in [0.25, 0.3) is 0 Å². The lowest BCUT2D eigenvalue weighted by atomic mass is 10.1. The van der Waals surface area contributed by atoms with E-state index in [2.05, 4.69) is 4.72 Å². The van der Waals surface area contributed by atoms with E-state index in [9.17, 15) is 12.8 Å². The van der Waals surface area contributed by atoms with Gasteiger partial charge in [0.05, 0.1) is 0 Å². The van der Waals surface area contributed by atoms with Gasteiger partial charge in [-0.15, -0.1) is 0 Å². The first-order valence-electron chi connectivity index (χ1n) is 5.97. The smallest absolute Gasteiger partial charge is 0.243 e. The molecule has 0 spiro atoms. The Hall–Kier alpha value is -1.44. The molecule has 0 aliphatic rings. The van der Waals surface area contributed by atoms with Crippen LogP contribution in [0.3, 0.4) is 0 Å². The maximum absolute atomic E-state index is 13.6. The first kappa shape index (κ1) is 15.0. The minimum atomic E-state index is -3.92. The predicted molar refractivity (Wildman–Crippen MR) is 78.6 cm³/mol. The zero-order chi connectivity index (χ0) is 14.8. The van der Waals surface area contributed by atoms with Crippen molar-refractivity contribution in [2.75, 3.05) is 5.73 Å². The van der Waals surface area contributed by atoms with Gasteiger partial charge in [0.2, 0.25) is 10.0 Å². The second-order valence-corrected chi connectivity index (χ2v) is 7.01. The van der Waals surface area contributed by atoms with Gasteiger partial charge in [0.15, 0.2) is 0 Å². The van der Waals surface area contributed by atoms with Gasteiger partial charge in [-0.25, -0.2) is 17.5 Å². The number of thiophene rings is 1. The molecule has 0 aliphatic heterocycles. The molecule has 0 saturated heterocycles. The highest BCUT2D eigenvalue weighted by Gasteiger charge is 2.21. The summed E-state index contributed by atoms with van der Waals surface area (Å²) in [5, 5.41) is 3.88. The van der Waals surface area contributed by atoms with E-state index in [4.69, 9.17) is 5.73 Å². The lowest BCUT2D eigenvalue weighted by Gasteiger charge is -2.14. The second-order valence-electron chi connectivity index (χ2n) is 4.55. The van der Waals surface area contributed by atoms with Gasteiger partial charge in [-0.1, -0.05) is 0 Å². The molecule has 0 radical (unpaired) electrons. The summed E-state index contributed by atoms with van der Waals surface area (Å²) in [6, 6.07) is 5.08. The van der Waals surface area contributed by atoms with Gasteiger partial charge >= 0.3 is 0 Å². The van der Waals surface area contributed by atoms with Gasteiger partial charge in [-0.05, 0) is 53.9 Å². The first-order valence-corrected chi connectivity index (χ1v) is 8.39. The zero-order valence-corrected chi connectivity index (χ0v) is 12.5. The summed E-state index contributed by atoms with van der Waals surface area (Å²) in [5.74, 6) is -0.811. The fraction of sp³-hybridized carbons (Fsp3) is 0.231. The highest BCUT2D eigenvalue weighted by atomic mass is 32.2. The summed E-state index contributed by atoms with van der Waals surface area (Å²) in [6.07, 6.45) is 0.548. The number of hydrogen-bond acceptors (Lipinski definition) is 4. The van der Waals surface area contributed by atoms with E-state index in [1.165, 1.54) is 6.07 Å². The average Bonchev–Trinajstić information content (AvgIpc) is 2.84. The second kappa shape index (κ2) is 5.90. The molecule has 1 atom stereocenters. The minimum Gasteiger partial charge on any atom is -0.399 e. The SMILES string of the molecule is CC(Cc1ccsc1)NS(=O)(=O)c1cc(N)ccc1F. The Morgan fingerprint density at radius 3 is 2.80 bits per heavy atom. The molecule has 0 bridgehead atoms. The number of sulfonamides is 1. The van der Waals surface area contributed by atoms with E-state index >= 15 is 0 Å². The molecular weight excluding hydrogens is 299 g/mol. The van der Waals surface area contributed by atoms with Gasteiger partial charge in [-0.2, -0.15) is 11.3 Å². The largest absolute Gasteiger partial charge is 0.399 e. The molecule has 0 aliphatic carbocycles. The van der Waals surface area contributed by atoms with E-state index in [1.807, 2.05) is 16.8 Å². The summed E-state index contributed by atoms with van der Waals surface area (Å²) in [4.78, 5) is -0.422. The topological polar surface area (TPSA) is 72.2 Å². The molecule has 4 nitrogen and oxygen atoms in total. The van der Waals surface area contributed by atoms with Crippen molar-refractivity contribution in [1.29, 1.82) is 0 Å². The van der Waals surface area contributed by atoms with Crippen LogP contribution in [-0.4, -0.2) is 14.5 Å².